The van der Waals surface area contributed by atoms with Crippen LogP contribution in [-0.2, 0) is 0 Å². The van der Waals surface area contributed by atoms with Crippen LogP contribution in [0.1, 0.15) is 31.0 Å². The van der Waals surface area contributed by atoms with Crippen LogP contribution in [0.2, 0.25) is 0 Å². The van der Waals surface area contributed by atoms with Crippen LogP contribution in [0.3, 0.4) is 0 Å². The van der Waals surface area contributed by atoms with Crippen LogP contribution < -0.4 is 0 Å². The highest BCUT2D eigenvalue weighted by Crippen LogP contribution is 2.30. The van der Waals surface area contributed by atoms with Crippen molar-refractivity contribution < 1.29 is 0 Å². The summed E-state index contributed by atoms with van der Waals surface area (Å²) in [5.41, 5.74) is 2.41. The van der Waals surface area contributed by atoms with Gasteiger partial charge in [0.2, 0.25) is 6.04 Å². The molecule has 0 spiro atoms. The molecule has 1 atom stereocenters. The van der Waals surface area contributed by atoms with Crippen LogP contribution in [-0.4, -0.2) is 5.75 Å². The summed E-state index contributed by atoms with van der Waals surface area (Å²) in [5.74, 6) is 1.06. The van der Waals surface area contributed by atoms with Gasteiger partial charge >= 0.3 is 0 Å². The zero-order valence-corrected chi connectivity index (χ0v) is 9.69. The van der Waals surface area contributed by atoms with E-state index in [4.69, 9.17) is 6.57 Å². The molecule has 1 unspecified atom stereocenters. The summed E-state index contributed by atoms with van der Waals surface area (Å²) in [7, 11) is 0. The average Bonchev–Trinajstić information content (AvgIpc) is 2.20. The van der Waals surface area contributed by atoms with Crippen LogP contribution in [0.5, 0.6) is 0 Å². The number of nitrogens with zero attached hydrogens (tertiary/aromatic N) is 1. The molecular weight excluding hydrogens is 190 g/mol. The smallest absolute Gasteiger partial charge is 0.247 e. The number of benzene rings is 1. The maximum Gasteiger partial charge on any atom is 0.247 e. The van der Waals surface area contributed by atoms with Gasteiger partial charge in [-0.05, 0) is 24.8 Å². The molecule has 0 amide bonds. The van der Waals surface area contributed by atoms with Gasteiger partial charge in [-0.3, -0.25) is 0 Å². The SMILES string of the molecule is [C-]#[N+]C(C)c1cc(C)ccc1SCC. The van der Waals surface area contributed by atoms with E-state index < -0.39 is 0 Å². The topological polar surface area (TPSA) is 4.36 Å². The van der Waals surface area contributed by atoms with Crippen molar-refractivity contribution in [3.63, 3.8) is 0 Å². The first-order chi connectivity index (χ1) is 6.69. The third-order valence-corrected chi connectivity index (χ3v) is 3.08. The molecule has 1 nitrogen and oxygen atoms in total. The maximum atomic E-state index is 7.06. The Morgan fingerprint density at radius 1 is 1.50 bits per heavy atom. The van der Waals surface area contributed by atoms with E-state index in [0.29, 0.717) is 0 Å². The van der Waals surface area contributed by atoms with Crippen molar-refractivity contribution in [1.82, 2.24) is 0 Å². The maximum absolute atomic E-state index is 7.06. The predicted octanol–water partition coefficient (Wildman–Crippen LogP) is 4.09. The van der Waals surface area contributed by atoms with Crippen molar-refractivity contribution in [2.45, 2.75) is 31.7 Å². The van der Waals surface area contributed by atoms with Gasteiger partial charge < -0.3 is 4.85 Å². The van der Waals surface area contributed by atoms with E-state index in [-0.39, 0.29) is 6.04 Å². The van der Waals surface area contributed by atoms with Gasteiger partial charge in [0.15, 0.2) is 0 Å². The van der Waals surface area contributed by atoms with Gasteiger partial charge in [0.1, 0.15) is 0 Å². The van der Waals surface area contributed by atoms with Crippen molar-refractivity contribution in [1.29, 1.82) is 0 Å². The van der Waals surface area contributed by atoms with Crippen molar-refractivity contribution in [3.8, 4) is 0 Å². The molecule has 0 bridgehead atoms. The molecule has 0 aliphatic heterocycles. The van der Waals surface area contributed by atoms with Gasteiger partial charge in [-0.2, -0.15) is 0 Å². The second-order valence-electron chi connectivity index (χ2n) is 3.28. The molecule has 2 heteroatoms. The van der Waals surface area contributed by atoms with Crippen molar-refractivity contribution in [2.24, 2.45) is 0 Å². The Kier molecular flexibility index (Phi) is 4.03. The number of hydrogen-bond acceptors (Lipinski definition) is 1. The van der Waals surface area contributed by atoms with E-state index in [0.717, 1.165) is 5.75 Å². The fourth-order valence-electron chi connectivity index (χ4n) is 1.35. The fraction of sp³-hybridized carbons (Fsp3) is 0.417. The average molecular weight is 205 g/mol. The summed E-state index contributed by atoms with van der Waals surface area (Å²) in [6.07, 6.45) is 0. The molecule has 0 radical (unpaired) electrons. The predicted molar refractivity (Wildman–Crippen MR) is 62.6 cm³/mol. The van der Waals surface area contributed by atoms with E-state index in [1.165, 1.54) is 16.0 Å². The molecule has 0 saturated carbocycles. The third-order valence-electron chi connectivity index (χ3n) is 2.11. The Balaban J connectivity index is 3.10. The lowest BCUT2D eigenvalue weighted by atomic mass is 10.1. The first kappa shape index (κ1) is 11.1. The summed E-state index contributed by atoms with van der Waals surface area (Å²) < 4.78 is 0. The van der Waals surface area contributed by atoms with Crippen LogP contribution >= 0.6 is 11.8 Å². The number of hydrogen-bond donors (Lipinski definition) is 0. The Hall–Kier alpha value is -0.940. The monoisotopic (exact) mass is 205 g/mol. The van der Waals surface area contributed by atoms with Gasteiger partial charge in [-0.15, -0.1) is 11.8 Å². The highest BCUT2D eigenvalue weighted by molar-refractivity contribution is 7.99. The quantitative estimate of drug-likeness (QED) is 0.531. The van der Waals surface area contributed by atoms with Crippen LogP contribution in [0.4, 0.5) is 0 Å². The molecule has 0 saturated heterocycles. The molecule has 0 aliphatic rings. The molecule has 0 heterocycles. The lowest BCUT2D eigenvalue weighted by Gasteiger charge is -2.08. The van der Waals surface area contributed by atoms with Crippen LogP contribution in [0, 0.1) is 13.5 Å². The molecule has 0 aliphatic carbocycles. The molecule has 0 aromatic heterocycles. The van der Waals surface area contributed by atoms with Crippen molar-refractivity contribution in [3.05, 3.63) is 40.7 Å². The number of aryl methyl sites for hydroxylation is 1. The third kappa shape index (κ3) is 2.52. The van der Waals surface area contributed by atoms with Gasteiger partial charge in [0.25, 0.3) is 0 Å². The Morgan fingerprint density at radius 2 is 2.21 bits per heavy atom. The molecule has 74 valence electrons. The lowest BCUT2D eigenvalue weighted by Crippen LogP contribution is -1.92. The van der Waals surface area contributed by atoms with Gasteiger partial charge in [0, 0.05) is 17.4 Å². The van der Waals surface area contributed by atoms with Gasteiger partial charge in [-0.25, -0.2) is 6.57 Å². The molecular formula is C12H15NS. The second kappa shape index (κ2) is 5.07. The van der Waals surface area contributed by atoms with E-state index in [1.54, 1.807) is 0 Å². The Labute approximate surface area is 90.3 Å². The van der Waals surface area contributed by atoms with Crippen molar-refractivity contribution in [2.75, 3.05) is 5.75 Å². The van der Waals surface area contributed by atoms with Gasteiger partial charge in [0.05, 0.1) is 0 Å². The second-order valence-corrected chi connectivity index (χ2v) is 4.59. The molecule has 1 aromatic carbocycles. The zero-order chi connectivity index (χ0) is 10.6. The number of rotatable bonds is 3. The summed E-state index contributed by atoms with van der Waals surface area (Å²) >= 11 is 1.81. The molecule has 0 N–H and O–H groups in total. The summed E-state index contributed by atoms with van der Waals surface area (Å²) in [6, 6.07) is 6.34. The minimum atomic E-state index is -0.0241. The first-order valence-corrected chi connectivity index (χ1v) is 5.77. The minimum absolute atomic E-state index is 0.0241. The van der Waals surface area contributed by atoms with E-state index >= 15 is 0 Å². The van der Waals surface area contributed by atoms with E-state index in [2.05, 4.69) is 36.9 Å². The minimum Gasteiger partial charge on any atom is -0.309 e. The van der Waals surface area contributed by atoms with Gasteiger partial charge in [-0.1, -0.05) is 18.6 Å². The molecule has 0 fully saturated rings. The Morgan fingerprint density at radius 3 is 2.79 bits per heavy atom. The van der Waals surface area contributed by atoms with Crippen molar-refractivity contribution >= 4 is 11.8 Å². The largest absolute Gasteiger partial charge is 0.309 e. The summed E-state index contributed by atoms with van der Waals surface area (Å²) in [6.45, 7) is 13.2. The normalized spacial score (nSPS) is 12.1. The lowest BCUT2D eigenvalue weighted by molar-refractivity contribution is 0.925. The Bertz CT molecular complexity index is 352. The van der Waals surface area contributed by atoms with E-state index in [9.17, 15) is 0 Å². The number of thioether (sulfide) groups is 1. The summed E-state index contributed by atoms with van der Waals surface area (Å²) in [5, 5.41) is 0. The molecule has 14 heavy (non-hydrogen) atoms. The standard InChI is InChI=1S/C12H15NS/c1-5-14-12-7-6-9(2)8-11(12)10(3)13-4/h6-8,10H,5H2,1-3H3. The fourth-order valence-corrected chi connectivity index (χ4v) is 2.22. The van der Waals surface area contributed by atoms with E-state index in [1.807, 2.05) is 18.7 Å². The highest BCUT2D eigenvalue weighted by atomic mass is 32.2. The summed E-state index contributed by atoms with van der Waals surface area (Å²) in [4.78, 5) is 4.83. The first-order valence-electron chi connectivity index (χ1n) is 4.79. The molecule has 1 aromatic rings. The van der Waals surface area contributed by atoms with Crippen LogP contribution in [0.15, 0.2) is 23.1 Å². The molecule has 1 rings (SSSR count). The van der Waals surface area contributed by atoms with Crippen LogP contribution in [0.25, 0.3) is 4.85 Å². The zero-order valence-electron chi connectivity index (χ0n) is 8.87. The highest BCUT2D eigenvalue weighted by Gasteiger charge is 2.13.